The van der Waals surface area contributed by atoms with Crippen molar-refractivity contribution in [1.82, 2.24) is 20.2 Å². The third-order valence-electron chi connectivity index (χ3n) is 3.45. The summed E-state index contributed by atoms with van der Waals surface area (Å²) in [6.45, 7) is 2.61. The highest BCUT2D eigenvalue weighted by molar-refractivity contribution is 5.21. The molecule has 5 nitrogen and oxygen atoms in total. The van der Waals surface area contributed by atoms with Crippen LogP contribution in [0.15, 0.2) is 12.5 Å². The van der Waals surface area contributed by atoms with Crippen LogP contribution < -0.4 is 10.1 Å². The summed E-state index contributed by atoms with van der Waals surface area (Å²) in [5.41, 5.74) is 1.01. The van der Waals surface area contributed by atoms with Crippen molar-refractivity contribution in [1.29, 1.82) is 0 Å². The molecule has 2 heterocycles. The third-order valence-corrected chi connectivity index (χ3v) is 3.45. The minimum Gasteiger partial charge on any atom is -0.476 e. The summed E-state index contributed by atoms with van der Waals surface area (Å²) in [4.78, 5) is 10.6. The van der Waals surface area contributed by atoms with Crippen LogP contribution in [0.4, 0.5) is 0 Å². The Balaban J connectivity index is 1.92. The molecule has 0 radical (unpaired) electrons. The summed E-state index contributed by atoms with van der Waals surface area (Å²) < 4.78 is 5.87. The lowest BCUT2D eigenvalue weighted by Crippen LogP contribution is -2.40. The number of hydrogen-bond donors (Lipinski definition) is 1. The van der Waals surface area contributed by atoms with Gasteiger partial charge in [-0.15, -0.1) is 0 Å². The number of nitrogens with one attached hydrogen (secondary N) is 1. The predicted octanol–water partition coefficient (Wildman–Crippen LogP) is 1.06. The molecule has 1 aliphatic rings. The number of ether oxygens (including phenoxy) is 1. The number of piperidine rings is 1. The zero-order valence-corrected chi connectivity index (χ0v) is 11.2. The molecule has 0 amide bonds. The summed E-state index contributed by atoms with van der Waals surface area (Å²) in [6, 6.07) is 0.510. The molecule has 2 rings (SSSR count). The van der Waals surface area contributed by atoms with Crippen LogP contribution in [0.25, 0.3) is 0 Å². The molecule has 0 bridgehead atoms. The predicted molar refractivity (Wildman–Crippen MR) is 70.6 cm³/mol. The molecular formula is C13H22N4O. The highest BCUT2D eigenvalue weighted by atomic mass is 16.5. The van der Waals surface area contributed by atoms with E-state index < -0.39 is 0 Å². The minimum absolute atomic E-state index is 0.510. The van der Waals surface area contributed by atoms with Gasteiger partial charge in [-0.1, -0.05) is 6.42 Å². The first-order valence-electron chi connectivity index (χ1n) is 6.57. The van der Waals surface area contributed by atoms with Crippen LogP contribution in [0.2, 0.25) is 0 Å². The molecule has 1 aromatic heterocycles. The maximum absolute atomic E-state index is 5.87. The molecular weight excluding hydrogens is 228 g/mol. The van der Waals surface area contributed by atoms with E-state index >= 15 is 0 Å². The largest absolute Gasteiger partial charge is 0.476 e. The molecule has 1 aromatic rings. The van der Waals surface area contributed by atoms with Gasteiger partial charge in [-0.25, -0.2) is 9.97 Å². The molecule has 1 atom stereocenters. The van der Waals surface area contributed by atoms with Crippen molar-refractivity contribution in [2.45, 2.75) is 31.8 Å². The van der Waals surface area contributed by atoms with Crippen LogP contribution in [0, 0.1) is 0 Å². The second-order valence-corrected chi connectivity index (χ2v) is 4.82. The van der Waals surface area contributed by atoms with Crippen molar-refractivity contribution in [2.24, 2.45) is 0 Å². The Labute approximate surface area is 109 Å². The van der Waals surface area contributed by atoms with Gasteiger partial charge in [0.2, 0.25) is 5.88 Å². The lowest BCUT2D eigenvalue weighted by molar-refractivity contribution is 0.122. The van der Waals surface area contributed by atoms with E-state index in [1.54, 1.807) is 6.33 Å². The van der Waals surface area contributed by atoms with E-state index in [0.29, 0.717) is 18.5 Å². The standard InChI is InChI=1S/C13H22N4O/c1-14-7-11-8-15-10-16-13(11)18-9-12-5-3-4-6-17(12)2/h8,10,12,14H,3-7,9H2,1-2H3. The molecule has 1 N–H and O–H groups in total. The first-order chi connectivity index (χ1) is 8.81. The average Bonchev–Trinajstić information content (AvgIpc) is 2.40. The van der Waals surface area contributed by atoms with Gasteiger partial charge in [0, 0.05) is 24.3 Å². The number of hydrogen-bond acceptors (Lipinski definition) is 5. The van der Waals surface area contributed by atoms with Crippen LogP contribution in [0.5, 0.6) is 5.88 Å². The summed E-state index contributed by atoms with van der Waals surface area (Å²) >= 11 is 0. The zero-order chi connectivity index (χ0) is 12.8. The van der Waals surface area contributed by atoms with Crippen molar-refractivity contribution >= 4 is 0 Å². The monoisotopic (exact) mass is 250 g/mol. The average molecular weight is 250 g/mol. The molecule has 0 spiro atoms. The fourth-order valence-electron chi connectivity index (χ4n) is 2.32. The Morgan fingerprint density at radius 3 is 3.17 bits per heavy atom. The molecule has 1 unspecified atom stereocenters. The van der Waals surface area contributed by atoms with Gasteiger partial charge in [-0.05, 0) is 33.5 Å². The third kappa shape index (κ3) is 3.40. The van der Waals surface area contributed by atoms with Crippen LogP contribution in [-0.4, -0.2) is 48.2 Å². The van der Waals surface area contributed by atoms with Crippen LogP contribution >= 0.6 is 0 Å². The van der Waals surface area contributed by atoms with Crippen molar-refractivity contribution < 1.29 is 4.74 Å². The zero-order valence-electron chi connectivity index (χ0n) is 11.2. The SMILES string of the molecule is CNCc1cncnc1OCC1CCCCN1C. The molecule has 0 saturated carbocycles. The Hall–Kier alpha value is -1.20. The quantitative estimate of drug-likeness (QED) is 0.847. The fraction of sp³-hybridized carbons (Fsp3) is 0.692. The summed E-state index contributed by atoms with van der Waals surface area (Å²) in [7, 11) is 4.08. The summed E-state index contributed by atoms with van der Waals surface area (Å²) in [5, 5.41) is 3.10. The van der Waals surface area contributed by atoms with Crippen molar-refractivity contribution in [2.75, 3.05) is 27.2 Å². The second kappa shape index (κ2) is 6.66. The van der Waals surface area contributed by atoms with Gasteiger partial charge in [-0.3, -0.25) is 0 Å². The smallest absolute Gasteiger partial charge is 0.220 e. The topological polar surface area (TPSA) is 50.3 Å². The maximum Gasteiger partial charge on any atom is 0.220 e. The number of likely N-dealkylation sites (N-methyl/N-ethyl adjacent to an activating group) is 1. The molecule has 0 aliphatic carbocycles. The normalized spacial score (nSPS) is 20.9. The van der Waals surface area contributed by atoms with Crippen molar-refractivity contribution in [3.05, 3.63) is 18.1 Å². The van der Waals surface area contributed by atoms with Crippen molar-refractivity contribution in [3.63, 3.8) is 0 Å². The second-order valence-electron chi connectivity index (χ2n) is 4.82. The highest BCUT2D eigenvalue weighted by Gasteiger charge is 2.20. The Bertz CT molecular complexity index is 372. The van der Waals surface area contributed by atoms with E-state index in [1.807, 2.05) is 13.2 Å². The molecule has 1 fully saturated rings. The van der Waals surface area contributed by atoms with Crippen LogP contribution in [-0.2, 0) is 6.54 Å². The van der Waals surface area contributed by atoms with Gasteiger partial charge >= 0.3 is 0 Å². The van der Waals surface area contributed by atoms with E-state index in [9.17, 15) is 0 Å². The van der Waals surface area contributed by atoms with Gasteiger partial charge in [0.05, 0.1) is 0 Å². The van der Waals surface area contributed by atoms with Crippen molar-refractivity contribution in [3.8, 4) is 5.88 Å². The first kappa shape index (κ1) is 13.2. The lowest BCUT2D eigenvalue weighted by Gasteiger charge is -2.32. The van der Waals surface area contributed by atoms with E-state index in [2.05, 4.69) is 27.2 Å². The van der Waals surface area contributed by atoms with Gasteiger partial charge in [0.1, 0.15) is 12.9 Å². The molecule has 18 heavy (non-hydrogen) atoms. The number of rotatable bonds is 5. The Morgan fingerprint density at radius 1 is 1.50 bits per heavy atom. The van der Waals surface area contributed by atoms with E-state index in [-0.39, 0.29) is 0 Å². The maximum atomic E-state index is 5.87. The van der Waals surface area contributed by atoms with Gasteiger partial charge in [0.15, 0.2) is 0 Å². The number of likely N-dealkylation sites (tertiary alicyclic amines) is 1. The Kier molecular flexibility index (Phi) is 4.90. The van der Waals surface area contributed by atoms with E-state index in [4.69, 9.17) is 4.74 Å². The van der Waals surface area contributed by atoms with Gasteiger partial charge < -0.3 is 15.0 Å². The molecule has 1 aliphatic heterocycles. The lowest BCUT2D eigenvalue weighted by atomic mass is 10.0. The number of aromatic nitrogens is 2. The van der Waals surface area contributed by atoms with E-state index in [0.717, 1.165) is 12.1 Å². The number of nitrogens with zero attached hydrogens (tertiary/aromatic N) is 3. The summed E-state index contributed by atoms with van der Waals surface area (Å²) in [6.07, 6.45) is 7.16. The molecule has 5 heteroatoms. The highest BCUT2D eigenvalue weighted by Crippen LogP contribution is 2.18. The first-order valence-corrected chi connectivity index (χ1v) is 6.57. The Morgan fingerprint density at radius 2 is 2.39 bits per heavy atom. The van der Waals surface area contributed by atoms with Gasteiger partial charge in [0.25, 0.3) is 0 Å². The fourth-order valence-corrected chi connectivity index (χ4v) is 2.32. The van der Waals surface area contributed by atoms with Crippen LogP contribution in [0.3, 0.4) is 0 Å². The molecule has 0 aromatic carbocycles. The minimum atomic E-state index is 0.510. The van der Waals surface area contributed by atoms with Gasteiger partial charge in [-0.2, -0.15) is 0 Å². The summed E-state index contributed by atoms with van der Waals surface area (Å²) in [5.74, 6) is 0.707. The van der Waals surface area contributed by atoms with Crippen LogP contribution in [0.1, 0.15) is 24.8 Å². The van der Waals surface area contributed by atoms with E-state index in [1.165, 1.54) is 25.8 Å². The molecule has 100 valence electrons. The molecule has 1 saturated heterocycles.